The van der Waals surface area contributed by atoms with Crippen molar-refractivity contribution in [1.29, 1.82) is 0 Å². The highest BCUT2D eigenvalue weighted by Gasteiger charge is 1.85. The molecule has 0 heterocycles. The highest BCUT2D eigenvalue weighted by atomic mass is 16.4. The van der Waals surface area contributed by atoms with Crippen molar-refractivity contribution in [2.45, 2.75) is 0 Å². The van der Waals surface area contributed by atoms with E-state index in [-0.39, 0.29) is 0 Å². The Morgan fingerprint density at radius 3 is 1.15 bits per heavy atom. The molecule has 0 bridgehead atoms. The number of ether oxygens (including phenoxy) is 1. The molecule has 0 radical (unpaired) electrons. The van der Waals surface area contributed by atoms with Gasteiger partial charge < -0.3 is 4.74 Å². The molecule has 0 unspecified atom stereocenters. The first-order chi connectivity index (χ1) is 6.38. The maximum absolute atomic E-state index is 4.25. The molecule has 2 aromatic rings. The van der Waals surface area contributed by atoms with Crippen LogP contribution in [0.1, 0.15) is 0 Å². The summed E-state index contributed by atoms with van der Waals surface area (Å²) in [6, 6.07) is 16.7. The summed E-state index contributed by atoms with van der Waals surface area (Å²) in [5, 5.41) is 2.62. The topological polar surface area (TPSA) is 9.23 Å². The normalized spacial score (nSPS) is 9.08. The van der Waals surface area contributed by atoms with Crippen LogP contribution in [-0.4, -0.2) is 14.2 Å². The molecular weight excluding hydrogens is 160 g/mol. The highest BCUT2D eigenvalue weighted by Crippen LogP contribution is 2.11. The lowest BCUT2D eigenvalue weighted by molar-refractivity contribution is 0.277. The molecule has 1 nitrogen and oxygen atoms in total. The quantitative estimate of drug-likeness (QED) is 0.596. The number of hydrogen-bond donors (Lipinski definition) is 0. The number of hydrogen-bond acceptors (Lipinski definition) is 1. The smallest absolute Gasteiger partial charge is 0.0351 e. The Morgan fingerprint density at radius 2 is 0.923 bits per heavy atom. The lowest BCUT2D eigenvalue weighted by Gasteiger charge is -1.92. The molecule has 0 atom stereocenters. The van der Waals surface area contributed by atoms with Gasteiger partial charge in [-0.2, -0.15) is 0 Å². The summed E-state index contributed by atoms with van der Waals surface area (Å²) < 4.78 is 4.25. The molecule has 0 fully saturated rings. The van der Waals surface area contributed by atoms with E-state index in [1.54, 1.807) is 14.2 Å². The van der Waals surface area contributed by atoms with Gasteiger partial charge in [0.25, 0.3) is 0 Å². The monoisotopic (exact) mass is 174 g/mol. The van der Waals surface area contributed by atoms with Crippen molar-refractivity contribution in [3.63, 3.8) is 0 Å². The first kappa shape index (κ1) is 9.75. The zero-order valence-corrected chi connectivity index (χ0v) is 8.03. The van der Waals surface area contributed by atoms with Crippen LogP contribution in [0.3, 0.4) is 0 Å². The second-order valence-corrected chi connectivity index (χ2v) is 2.76. The lowest BCUT2D eigenvalue weighted by Crippen LogP contribution is -1.67. The van der Waals surface area contributed by atoms with E-state index in [1.807, 2.05) is 0 Å². The molecular formula is C12H14O. The minimum absolute atomic E-state index is 1.31. The number of methoxy groups -OCH3 is 1. The van der Waals surface area contributed by atoms with E-state index < -0.39 is 0 Å². The molecule has 0 aliphatic heterocycles. The van der Waals surface area contributed by atoms with Crippen molar-refractivity contribution < 1.29 is 4.74 Å². The zero-order valence-electron chi connectivity index (χ0n) is 8.03. The van der Waals surface area contributed by atoms with Crippen LogP contribution in [0.5, 0.6) is 0 Å². The molecule has 68 valence electrons. The second kappa shape index (κ2) is 5.33. The van der Waals surface area contributed by atoms with Crippen molar-refractivity contribution in [2.75, 3.05) is 14.2 Å². The molecule has 2 rings (SSSR count). The van der Waals surface area contributed by atoms with Crippen LogP contribution in [0.15, 0.2) is 48.5 Å². The Morgan fingerprint density at radius 1 is 0.692 bits per heavy atom. The maximum Gasteiger partial charge on any atom is 0.0351 e. The van der Waals surface area contributed by atoms with Crippen molar-refractivity contribution in [3.05, 3.63) is 48.5 Å². The summed E-state index contributed by atoms with van der Waals surface area (Å²) in [6.45, 7) is 0. The van der Waals surface area contributed by atoms with Crippen LogP contribution in [0.4, 0.5) is 0 Å². The SMILES string of the molecule is COC.c1ccc2ccccc2c1. The summed E-state index contributed by atoms with van der Waals surface area (Å²) in [5.41, 5.74) is 0. The number of rotatable bonds is 0. The van der Waals surface area contributed by atoms with Gasteiger partial charge in [-0.1, -0.05) is 48.5 Å². The average Bonchev–Trinajstić information content (AvgIpc) is 2.19. The molecule has 0 saturated carbocycles. The van der Waals surface area contributed by atoms with Crippen LogP contribution in [0.25, 0.3) is 10.8 Å². The molecule has 0 aliphatic rings. The molecule has 1 heteroatoms. The van der Waals surface area contributed by atoms with E-state index in [0.29, 0.717) is 0 Å². The van der Waals surface area contributed by atoms with E-state index in [9.17, 15) is 0 Å². The molecule has 2 aromatic carbocycles. The summed E-state index contributed by atoms with van der Waals surface area (Å²) in [4.78, 5) is 0. The minimum Gasteiger partial charge on any atom is -0.388 e. The third-order valence-electron chi connectivity index (χ3n) is 1.66. The standard InChI is InChI=1S/C10H8.C2H6O/c1-2-6-10-8-4-3-7-9(10)5-1;1-3-2/h1-8H;1-2H3. The fraction of sp³-hybridized carbons (Fsp3) is 0.167. The number of fused-ring (bicyclic) bond motifs is 1. The Bertz CT molecular complexity index is 289. The zero-order chi connectivity index (χ0) is 9.52. The van der Waals surface area contributed by atoms with Crippen LogP contribution < -0.4 is 0 Å². The van der Waals surface area contributed by atoms with Gasteiger partial charge in [0, 0.05) is 14.2 Å². The predicted molar refractivity (Wildman–Crippen MR) is 56.9 cm³/mol. The van der Waals surface area contributed by atoms with Crippen molar-refractivity contribution in [2.24, 2.45) is 0 Å². The van der Waals surface area contributed by atoms with E-state index in [2.05, 4.69) is 53.3 Å². The van der Waals surface area contributed by atoms with Crippen molar-refractivity contribution in [3.8, 4) is 0 Å². The van der Waals surface area contributed by atoms with Gasteiger partial charge in [-0.05, 0) is 10.8 Å². The van der Waals surface area contributed by atoms with Gasteiger partial charge in [0.15, 0.2) is 0 Å². The minimum atomic E-state index is 1.31. The first-order valence-electron chi connectivity index (χ1n) is 4.22. The Labute approximate surface area is 79.0 Å². The fourth-order valence-electron chi connectivity index (χ4n) is 1.13. The summed E-state index contributed by atoms with van der Waals surface area (Å²) >= 11 is 0. The largest absolute Gasteiger partial charge is 0.388 e. The summed E-state index contributed by atoms with van der Waals surface area (Å²) in [6.07, 6.45) is 0. The summed E-state index contributed by atoms with van der Waals surface area (Å²) in [5.74, 6) is 0. The van der Waals surface area contributed by atoms with Gasteiger partial charge in [0.2, 0.25) is 0 Å². The fourth-order valence-corrected chi connectivity index (χ4v) is 1.13. The van der Waals surface area contributed by atoms with E-state index >= 15 is 0 Å². The van der Waals surface area contributed by atoms with Gasteiger partial charge in [-0.25, -0.2) is 0 Å². The van der Waals surface area contributed by atoms with Crippen LogP contribution in [-0.2, 0) is 4.74 Å². The Kier molecular flexibility index (Phi) is 4.00. The van der Waals surface area contributed by atoms with E-state index in [4.69, 9.17) is 0 Å². The van der Waals surface area contributed by atoms with Gasteiger partial charge in [-0.3, -0.25) is 0 Å². The first-order valence-corrected chi connectivity index (χ1v) is 4.22. The van der Waals surface area contributed by atoms with Crippen LogP contribution in [0, 0.1) is 0 Å². The Hall–Kier alpha value is -1.34. The van der Waals surface area contributed by atoms with Gasteiger partial charge in [0.05, 0.1) is 0 Å². The van der Waals surface area contributed by atoms with E-state index in [0.717, 1.165) is 0 Å². The molecule has 0 saturated heterocycles. The molecule has 0 N–H and O–H groups in total. The van der Waals surface area contributed by atoms with E-state index in [1.165, 1.54) is 10.8 Å². The van der Waals surface area contributed by atoms with Crippen molar-refractivity contribution >= 4 is 10.8 Å². The Balaban J connectivity index is 0.000000251. The number of benzene rings is 2. The lowest BCUT2D eigenvalue weighted by atomic mass is 10.1. The molecule has 0 spiro atoms. The molecule has 0 aliphatic carbocycles. The van der Waals surface area contributed by atoms with Crippen LogP contribution >= 0.6 is 0 Å². The van der Waals surface area contributed by atoms with Gasteiger partial charge in [-0.15, -0.1) is 0 Å². The van der Waals surface area contributed by atoms with Crippen LogP contribution in [0.2, 0.25) is 0 Å². The molecule has 0 amide bonds. The second-order valence-electron chi connectivity index (χ2n) is 2.76. The molecule has 0 aromatic heterocycles. The predicted octanol–water partition coefficient (Wildman–Crippen LogP) is 3.10. The third kappa shape index (κ3) is 2.88. The van der Waals surface area contributed by atoms with Crippen molar-refractivity contribution in [1.82, 2.24) is 0 Å². The highest BCUT2D eigenvalue weighted by molar-refractivity contribution is 5.81. The average molecular weight is 174 g/mol. The summed E-state index contributed by atoms with van der Waals surface area (Å²) in [7, 11) is 3.25. The van der Waals surface area contributed by atoms with Gasteiger partial charge >= 0.3 is 0 Å². The molecule has 13 heavy (non-hydrogen) atoms. The van der Waals surface area contributed by atoms with Gasteiger partial charge in [0.1, 0.15) is 0 Å². The third-order valence-corrected chi connectivity index (χ3v) is 1.66. The maximum atomic E-state index is 4.25.